The maximum atomic E-state index is 13.7. The Bertz CT molecular complexity index is 1160. The molecule has 1 N–H and O–H groups in total. The summed E-state index contributed by atoms with van der Waals surface area (Å²) in [5.74, 6) is -0.895. The number of nitrogens with one attached hydrogen (secondary N) is 1. The maximum Gasteiger partial charge on any atom is 0.278 e. The van der Waals surface area contributed by atoms with Crippen LogP contribution in [0.3, 0.4) is 0 Å². The number of H-pyrrole nitrogens is 1. The fraction of sp³-hybridized carbons (Fsp3) is 0. The highest BCUT2D eigenvalue weighted by atomic mass is 19.1. The molecule has 0 saturated carbocycles. The lowest BCUT2D eigenvalue weighted by Gasteiger charge is -2.10. The van der Waals surface area contributed by atoms with Crippen LogP contribution in [0.4, 0.5) is 8.78 Å². The largest absolute Gasteiger partial charge is 0.311 e. The predicted octanol–water partition coefficient (Wildman–Crippen LogP) is 3.33. The van der Waals surface area contributed by atoms with Gasteiger partial charge in [-0.05, 0) is 24.3 Å². The van der Waals surface area contributed by atoms with Gasteiger partial charge in [0.15, 0.2) is 11.2 Å². The van der Waals surface area contributed by atoms with Crippen LogP contribution >= 0.6 is 0 Å². The number of hydrogen-bond donors (Lipinski definition) is 1. The van der Waals surface area contributed by atoms with Gasteiger partial charge in [-0.2, -0.15) is 0 Å². The number of nitrogens with zero attached hydrogens (tertiary/aromatic N) is 3. The van der Waals surface area contributed by atoms with Gasteiger partial charge in [-0.15, -0.1) is 0 Å². The minimum absolute atomic E-state index is 0.0296. The molecule has 0 bridgehead atoms. The summed E-state index contributed by atoms with van der Waals surface area (Å²) < 4.78 is 27.3. The molecule has 4 rings (SSSR count). The van der Waals surface area contributed by atoms with Gasteiger partial charge >= 0.3 is 0 Å². The van der Waals surface area contributed by atoms with E-state index in [0.29, 0.717) is 16.8 Å². The number of fused-ring (bicyclic) bond motifs is 1. The first-order valence-corrected chi connectivity index (χ1v) is 7.39. The van der Waals surface area contributed by atoms with Gasteiger partial charge in [0, 0.05) is 11.1 Å². The number of halogens is 2. The Morgan fingerprint density at radius 2 is 1.44 bits per heavy atom. The first kappa shape index (κ1) is 15.1. The minimum Gasteiger partial charge on any atom is -0.311 e. The number of benzene rings is 2. The van der Waals surface area contributed by atoms with Crippen LogP contribution in [0.25, 0.3) is 33.7 Å². The summed E-state index contributed by atoms with van der Waals surface area (Å²) >= 11 is 0. The van der Waals surface area contributed by atoms with Gasteiger partial charge in [0.05, 0.1) is 17.7 Å². The standard InChI is InChI=1S/C18H10F2N4O/c19-12-5-1-3-10(7-12)14-15(11-4-2-6-13(20)8-11)24-17-16(23-14)18(25)22-9-21-17/h1-9H,(H,21,22,24,25). The van der Waals surface area contributed by atoms with Crippen molar-refractivity contribution < 1.29 is 8.78 Å². The predicted molar refractivity (Wildman–Crippen MR) is 88.7 cm³/mol. The number of hydrogen-bond acceptors (Lipinski definition) is 4. The van der Waals surface area contributed by atoms with E-state index in [1.165, 1.54) is 42.7 Å². The molecule has 2 aromatic carbocycles. The first-order chi connectivity index (χ1) is 12.1. The van der Waals surface area contributed by atoms with Crippen molar-refractivity contribution in [1.29, 1.82) is 0 Å². The fourth-order valence-electron chi connectivity index (χ4n) is 2.56. The molecule has 2 aromatic heterocycles. The molecule has 0 atom stereocenters. The molecule has 0 spiro atoms. The normalized spacial score (nSPS) is 11.0. The molecule has 7 heteroatoms. The third kappa shape index (κ3) is 2.76. The average molecular weight is 336 g/mol. The lowest BCUT2D eigenvalue weighted by molar-refractivity contribution is 0.627. The Balaban J connectivity index is 2.09. The van der Waals surface area contributed by atoms with Crippen LogP contribution < -0.4 is 5.56 Å². The summed E-state index contributed by atoms with van der Waals surface area (Å²) in [5, 5.41) is 0. The highest BCUT2D eigenvalue weighted by Crippen LogP contribution is 2.30. The van der Waals surface area contributed by atoms with Gasteiger partial charge in [0.25, 0.3) is 5.56 Å². The van der Waals surface area contributed by atoms with Crippen LogP contribution in [-0.2, 0) is 0 Å². The molecule has 25 heavy (non-hydrogen) atoms. The molecule has 0 amide bonds. The van der Waals surface area contributed by atoms with Crippen LogP contribution in [0, 0.1) is 11.6 Å². The molecule has 2 heterocycles. The van der Waals surface area contributed by atoms with Crippen LogP contribution in [-0.4, -0.2) is 19.9 Å². The van der Waals surface area contributed by atoms with E-state index in [-0.39, 0.29) is 16.9 Å². The summed E-state index contributed by atoms with van der Waals surface area (Å²) in [4.78, 5) is 27.1. The van der Waals surface area contributed by atoms with E-state index in [0.717, 1.165) is 0 Å². The lowest BCUT2D eigenvalue weighted by Crippen LogP contribution is -2.10. The van der Waals surface area contributed by atoms with Crippen molar-refractivity contribution in [1.82, 2.24) is 19.9 Å². The lowest BCUT2D eigenvalue weighted by atomic mass is 10.0. The van der Waals surface area contributed by atoms with E-state index >= 15 is 0 Å². The molecule has 0 aliphatic carbocycles. The third-order valence-electron chi connectivity index (χ3n) is 3.67. The van der Waals surface area contributed by atoms with E-state index in [9.17, 15) is 13.6 Å². The van der Waals surface area contributed by atoms with Crippen LogP contribution in [0.1, 0.15) is 0 Å². The summed E-state index contributed by atoms with van der Waals surface area (Å²) in [6.45, 7) is 0. The molecule has 0 unspecified atom stereocenters. The van der Waals surface area contributed by atoms with Crippen molar-refractivity contribution in [2.24, 2.45) is 0 Å². The van der Waals surface area contributed by atoms with E-state index < -0.39 is 17.2 Å². The zero-order valence-electron chi connectivity index (χ0n) is 12.7. The van der Waals surface area contributed by atoms with E-state index in [1.807, 2.05) is 0 Å². The highest BCUT2D eigenvalue weighted by molar-refractivity contribution is 5.84. The van der Waals surface area contributed by atoms with Gasteiger partial charge in [0.2, 0.25) is 0 Å². The first-order valence-electron chi connectivity index (χ1n) is 7.39. The SMILES string of the molecule is O=c1[nH]cnc2nc(-c3cccc(F)c3)c(-c3cccc(F)c3)nc12. The second kappa shape index (κ2) is 5.86. The van der Waals surface area contributed by atoms with Gasteiger partial charge in [-0.25, -0.2) is 23.7 Å². The Hall–Kier alpha value is -3.48. The van der Waals surface area contributed by atoms with Crippen molar-refractivity contribution in [3.63, 3.8) is 0 Å². The monoisotopic (exact) mass is 336 g/mol. The van der Waals surface area contributed by atoms with Gasteiger partial charge in [-0.1, -0.05) is 24.3 Å². The van der Waals surface area contributed by atoms with Crippen LogP contribution in [0.5, 0.6) is 0 Å². The third-order valence-corrected chi connectivity index (χ3v) is 3.67. The highest BCUT2D eigenvalue weighted by Gasteiger charge is 2.16. The topological polar surface area (TPSA) is 71.5 Å². The molecule has 0 aliphatic heterocycles. The van der Waals surface area contributed by atoms with Gasteiger partial charge in [-0.3, -0.25) is 4.79 Å². The van der Waals surface area contributed by atoms with Gasteiger partial charge in [0.1, 0.15) is 11.6 Å². The Morgan fingerprint density at radius 3 is 2.04 bits per heavy atom. The van der Waals surface area contributed by atoms with Gasteiger partial charge < -0.3 is 4.98 Å². The van der Waals surface area contributed by atoms with Crippen molar-refractivity contribution in [3.05, 3.63) is 76.8 Å². The molecular formula is C18H10F2N4O. The van der Waals surface area contributed by atoms with Crippen molar-refractivity contribution in [2.45, 2.75) is 0 Å². The number of aromatic nitrogens is 4. The summed E-state index contributed by atoms with van der Waals surface area (Å²) in [7, 11) is 0. The Labute approximate surface area is 140 Å². The quantitative estimate of drug-likeness (QED) is 0.609. The fourth-order valence-corrected chi connectivity index (χ4v) is 2.56. The smallest absolute Gasteiger partial charge is 0.278 e. The zero-order valence-corrected chi connectivity index (χ0v) is 12.7. The second-order valence-corrected chi connectivity index (χ2v) is 5.35. The average Bonchev–Trinajstić information content (AvgIpc) is 2.61. The van der Waals surface area contributed by atoms with E-state index in [1.54, 1.807) is 12.1 Å². The Morgan fingerprint density at radius 1 is 0.840 bits per heavy atom. The van der Waals surface area contributed by atoms with Crippen LogP contribution in [0.15, 0.2) is 59.7 Å². The minimum atomic E-state index is -0.457. The van der Waals surface area contributed by atoms with Crippen molar-refractivity contribution in [3.8, 4) is 22.5 Å². The van der Waals surface area contributed by atoms with Crippen LogP contribution in [0.2, 0.25) is 0 Å². The molecule has 122 valence electrons. The maximum absolute atomic E-state index is 13.7. The summed E-state index contributed by atoms with van der Waals surface area (Å²) in [6, 6.07) is 11.6. The molecule has 0 saturated heterocycles. The second-order valence-electron chi connectivity index (χ2n) is 5.35. The Kier molecular flexibility index (Phi) is 3.53. The molecule has 0 radical (unpaired) electrons. The van der Waals surface area contributed by atoms with Crippen molar-refractivity contribution >= 4 is 11.2 Å². The molecule has 0 aliphatic rings. The zero-order chi connectivity index (χ0) is 17.4. The molecule has 5 nitrogen and oxygen atoms in total. The molecule has 4 aromatic rings. The van der Waals surface area contributed by atoms with E-state index in [2.05, 4.69) is 19.9 Å². The number of rotatable bonds is 2. The summed E-state index contributed by atoms with van der Waals surface area (Å²) in [6.07, 6.45) is 1.22. The molecular weight excluding hydrogens is 326 g/mol. The van der Waals surface area contributed by atoms with E-state index in [4.69, 9.17) is 0 Å². The summed E-state index contributed by atoms with van der Waals surface area (Å²) in [5.41, 5.74) is 1.17. The van der Waals surface area contributed by atoms with Crippen molar-refractivity contribution in [2.75, 3.05) is 0 Å². The molecule has 0 fully saturated rings. The number of aromatic amines is 1.